The van der Waals surface area contributed by atoms with Gasteiger partial charge in [-0.1, -0.05) is 24.3 Å². The van der Waals surface area contributed by atoms with Crippen molar-refractivity contribution >= 4 is 5.82 Å². The van der Waals surface area contributed by atoms with Crippen LogP contribution in [0.2, 0.25) is 0 Å². The van der Waals surface area contributed by atoms with Gasteiger partial charge < -0.3 is 15.0 Å². The summed E-state index contributed by atoms with van der Waals surface area (Å²) in [5, 5.41) is 3.30. The van der Waals surface area contributed by atoms with Gasteiger partial charge in [0.05, 0.1) is 13.3 Å². The van der Waals surface area contributed by atoms with Crippen molar-refractivity contribution in [2.24, 2.45) is 0 Å². The van der Waals surface area contributed by atoms with E-state index in [4.69, 9.17) is 4.74 Å². The molecule has 4 nitrogen and oxygen atoms in total. The van der Waals surface area contributed by atoms with E-state index in [0.717, 1.165) is 31.1 Å². The summed E-state index contributed by atoms with van der Waals surface area (Å²) in [6.45, 7) is 1.85. The third-order valence-corrected chi connectivity index (χ3v) is 4.05. The van der Waals surface area contributed by atoms with E-state index < -0.39 is 0 Å². The predicted molar refractivity (Wildman–Crippen MR) is 84.8 cm³/mol. The Morgan fingerprint density at radius 2 is 2.05 bits per heavy atom. The summed E-state index contributed by atoms with van der Waals surface area (Å²) in [6.07, 6.45) is 2.83. The highest BCUT2D eigenvalue weighted by atomic mass is 16.5. The molecule has 0 amide bonds. The van der Waals surface area contributed by atoms with Gasteiger partial charge in [-0.15, -0.1) is 0 Å². The summed E-state index contributed by atoms with van der Waals surface area (Å²) < 4.78 is 5.19. The zero-order chi connectivity index (χ0) is 14.7. The minimum absolute atomic E-state index is 0.422. The largest absolute Gasteiger partial charge is 0.495 e. The smallest absolute Gasteiger partial charge is 0.137 e. The Morgan fingerprint density at radius 3 is 2.71 bits per heavy atom. The summed E-state index contributed by atoms with van der Waals surface area (Å²) in [7, 11) is 3.66. The highest BCUT2D eigenvalue weighted by Gasteiger charge is 2.26. The fourth-order valence-corrected chi connectivity index (χ4v) is 2.94. The van der Waals surface area contributed by atoms with Crippen LogP contribution in [0.5, 0.6) is 5.75 Å². The van der Waals surface area contributed by atoms with Gasteiger partial charge in [0.25, 0.3) is 0 Å². The fourth-order valence-electron chi connectivity index (χ4n) is 2.94. The van der Waals surface area contributed by atoms with Crippen LogP contribution in [0.1, 0.15) is 11.1 Å². The topological polar surface area (TPSA) is 37.4 Å². The molecule has 0 aliphatic carbocycles. The van der Waals surface area contributed by atoms with Crippen molar-refractivity contribution in [2.45, 2.75) is 19.0 Å². The summed E-state index contributed by atoms with van der Waals surface area (Å²) >= 11 is 0. The molecule has 1 aliphatic heterocycles. The maximum absolute atomic E-state index is 5.19. The molecule has 1 aromatic carbocycles. The van der Waals surface area contributed by atoms with E-state index in [-0.39, 0.29) is 0 Å². The van der Waals surface area contributed by atoms with Crippen molar-refractivity contribution in [3.05, 3.63) is 53.7 Å². The van der Waals surface area contributed by atoms with Crippen LogP contribution in [0.25, 0.3) is 0 Å². The molecule has 0 fully saturated rings. The predicted octanol–water partition coefficient (Wildman–Crippen LogP) is 2.24. The monoisotopic (exact) mass is 283 g/mol. The lowest BCUT2D eigenvalue weighted by molar-refractivity contribution is 0.412. The molecule has 2 aromatic rings. The first-order chi connectivity index (χ1) is 10.3. The molecular formula is C17H21N3O. The zero-order valence-electron chi connectivity index (χ0n) is 12.5. The number of aromatic nitrogens is 1. The summed E-state index contributed by atoms with van der Waals surface area (Å²) in [4.78, 5) is 6.93. The van der Waals surface area contributed by atoms with Crippen molar-refractivity contribution in [3.8, 4) is 5.75 Å². The third-order valence-electron chi connectivity index (χ3n) is 4.05. The second-order valence-corrected chi connectivity index (χ2v) is 5.37. The Hall–Kier alpha value is -2.07. The summed E-state index contributed by atoms with van der Waals surface area (Å²) in [5.74, 6) is 1.80. The lowest BCUT2D eigenvalue weighted by Gasteiger charge is -2.37. The summed E-state index contributed by atoms with van der Waals surface area (Å²) in [5.41, 5.74) is 2.84. The normalized spacial score (nSPS) is 17.4. The second kappa shape index (κ2) is 6.14. The van der Waals surface area contributed by atoms with Crippen molar-refractivity contribution in [1.29, 1.82) is 0 Å². The number of fused-ring (bicyclic) bond motifs is 1. The van der Waals surface area contributed by atoms with Gasteiger partial charge in [-0.05, 0) is 36.7 Å². The molecule has 110 valence electrons. The minimum Gasteiger partial charge on any atom is -0.495 e. The van der Waals surface area contributed by atoms with Crippen LogP contribution in [0.15, 0.2) is 42.6 Å². The van der Waals surface area contributed by atoms with E-state index in [1.165, 1.54) is 11.1 Å². The Bertz CT molecular complexity index is 597. The number of nitrogens with zero attached hydrogens (tertiary/aromatic N) is 2. The van der Waals surface area contributed by atoms with Crippen LogP contribution in [0.3, 0.4) is 0 Å². The number of methoxy groups -OCH3 is 1. The average Bonchev–Trinajstić information content (AvgIpc) is 2.55. The molecule has 4 heteroatoms. The van der Waals surface area contributed by atoms with E-state index in [0.29, 0.717) is 6.04 Å². The van der Waals surface area contributed by atoms with Gasteiger partial charge in [0.1, 0.15) is 11.6 Å². The van der Waals surface area contributed by atoms with E-state index in [9.17, 15) is 0 Å². The molecule has 0 saturated heterocycles. The molecule has 1 atom stereocenters. The lowest BCUT2D eigenvalue weighted by atomic mass is 9.94. The van der Waals surface area contributed by atoms with Gasteiger partial charge >= 0.3 is 0 Å². The van der Waals surface area contributed by atoms with Gasteiger partial charge in [0.2, 0.25) is 0 Å². The maximum Gasteiger partial charge on any atom is 0.137 e. The molecule has 21 heavy (non-hydrogen) atoms. The highest BCUT2D eigenvalue weighted by molar-refractivity contribution is 5.47. The number of likely N-dealkylation sites (N-methyl/N-ethyl adjacent to an activating group) is 1. The highest BCUT2D eigenvalue weighted by Crippen LogP contribution is 2.27. The van der Waals surface area contributed by atoms with Crippen LogP contribution in [-0.4, -0.2) is 31.7 Å². The van der Waals surface area contributed by atoms with Crippen molar-refractivity contribution in [1.82, 2.24) is 10.3 Å². The first kappa shape index (κ1) is 13.9. The third kappa shape index (κ3) is 2.85. The van der Waals surface area contributed by atoms with Gasteiger partial charge in [-0.25, -0.2) is 4.98 Å². The molecule has 0 spiro atoms. The van der Waals surface area contributed by atoms with Crippen LogP contribution in [-0.2, 0) is 13.0 Å². The SMILES string of the molecule is CNCC1Cc2ccccc2CN1c1ccc(OC)cn1. The number of hydrogen-bond acceptors (Lipinski definition) is 4. The number of nitrogens with one attached hydrogen (secondary N) is 1. The zero-order valence-corrected chi connectivity index (χ0v) is 12.5. The first-order valence-corrected chi connectivity index (χ1v) is 7.30. The van der Waals surface area contributed by atoms with Crippen LogP contribution in [0.4, 0.5) is 5.82 Å². The van der Waals surface area contributed by atoms with Crippen LogP contribution >= 0.6 is 0 Å². The quantitative estimate of drug-likeness (QED) is 0.934. The molecule has 1 aliphatic rings. The van der Waals surface area contributed by atoms with Crippen LogP contribution < -0.4 is 15.0 Å². The van der Waals surface area contributed by atoms with Gasteiger partial charge in [-0.2, -0.15) is 0 Å². The van der Waals surface area contributed by atoms with Crippen molar-refractivity contribution in [3.63, 3.8) is 0 Å². The van der Waals surface area contributed by atoms with Gasteiger partial charge in [-0.3, -0.25) is 0 Å². The molecule has 1 aromatic heterocycles. The van der Waals surface area contributed by atoms with Crippen molar-refractivity contribution < 1.29 is 4.74 Å². The number of benzene rings is 1. The van der Waals surface area contributed by atoms with Gasteiger partial charge in [0.15, 0.2) is 0 Å². The maximum atomic E-state index is 5.19. The number of pyridine rings is 1. The molecule has 0 radical (unpaired) electrons. The molecular weight excluding hydrogens is 262 g/mol. The van der Waals surface area contributed by atoms with E-state index in [1.54, 1.807) is 13.3 Å². The molecule has 0 bridgehead atoms. The Labute approximate surface area is 125 Å². The number of ether oxygens (including phenoxy) is 1. The Kier molecular flexibility index (Phi) is 4.06. The number of anilines is 1. The van der Waals surface area contributed by atoms with Crippen molar-refractivity contribution in [2.75, 3.05) is 25.6 Å². The first-order valence-electron chi connectivity index (χ1n) is 7.30. The Morgan fingerprint density at radius 1 is 1.24 bits per heavy atom. The van der Waals surface area contributed by atoms with E-state index in [2.05, 4.69) is 39.5 Å². The Balaban J connectivity index is 1.90. The minimum atomic E-state index is 0.422. The second-order valence-electron chi connectivity index (χ2n) is 5.37. The molecule has 2 heterocycles. The van der Waals surface area contributed by atoms with E-state index >= 15 is 0 Å². The fraction of sp³-hybridized carbons (Fsp3) is 0.353. The standard InChI is InChI=1S/C17H21N3O/c1-18-10-15-9-13-5-3-4-6-14(13)12-20(15)17-8-7-16(21-2)11-19-17/h3-8,11,15,18H,9-10,12H2,1-2H3. The molecule has 1 unspecified atom stereocenters. The average molecular weight is 283 g/mol. The van der Waals surface area contributed by atoms with Gasteiger partial charge in [0, 0.05) is 19.1 Å². The van der Waals surface area contributed by atoms with Crippen LogP contribution in [0, 0.1) is 0 Å². The van der Waals surface area contributed by atoms with E-state index in [1.807, 2.05) is 19.2 Å². The molecule has 3 rings (SSSR count). The lowest BCUT2D eigenvalue weighted by Crippen LogP contribution is -2.46. The number of rotatable bonds is 4. The molecule has 0 saturated carbocycles. The number of hydrogen-bond donors (Lipinski definition) is 1. The molecule has 1 N–H and O–H groups in total. The summed E-state index contributed by atoms with van der Waals surface area (Å²) in [6, 6.07) is 13.1.